The lowest BCUT2D eigenvalue weighted by molar-refractivity contribution is 0.0950. The van der Waals surface area contributed by atoms with Crippen molar-refractivity contribution in [2.75, 3.05) is 0 Å². The van der Waals surface area contributed by atoms with Crippen molar-refractivity contribution in [3.63, 3.8) is 0 Å². The molecular weight excluding hydrogens is 317 g/mol. The number of carbonyl (C=O) groups is 1. The van der Waals surface area contributed by atoms with Crippen molar-refractivity contribution in [3.05, 3.63) is 101 Å². The molecule has 0 saturated carbocycles. The molecule has 1 amide bonds. The molecule has 0 aromatic heterocycles. The minimum Gasteiger partial charge on any atom is -0.489 e. The SMILES string of the molecule is O=C(NCc1ccc(F)cc1)c1cccc(OCc2ccccc2)c1. The molecular formula is C21H18FNO2. The number of nitrogens with one attached hydrogen (secondary N) is 1. The van der Waals surface area contributed by atoms with Crippen molar-refractivity contribution in [2.45, 2.75) is 13.2 Å². The maximum atomic E-state index is 12.9. The maximum absolute atomic E-state index is 12.9. The molecule has 0 heterocycles. The van der Waals surface area contributed by atoms with Gasteiger partial charge in [-0.15, -0.1) is 0 Å². The fourth-order valence-electron chi connectivity index (χ4n) is 2.35. The molecule has 1 N–H and O–H groups in total. The van der Waals surface area contributed by atoms with E-state index >= 15 is 0 Å². The highest BCUT2D eigenvalue weighted by Gasteiger charge is 2.07. The Kier molecular flexibility index (Phi) is 5.42. The molecule has 0 spiro atoms. The van der Waals surface area contributed by atoms with Gasteiger partial charge in [0.05, 0.1) is 0 Å². The fraction of sp³-hybridized carbons (Fsp3) is 0.0952. The van der Waals surface area contributed by atoms with Crippen LogP contribution >= 0.6 is 0 Å². The first kappa shape index (κ1) is 16.7. The van der Waals surface area contributed by atoms with Gasteiger partial charge in [-0.25, -0.2) is 4.39 Å². The summed E-state index contributed by atoms with van der Waals surface area (Å²) in [6.45, 7) is 0.787. The van der Waals surface area contributed by atoms with Gasteiger partial charge in [0.2, 0.25) is 0 Å². The average molecular weight is 335 g/mol. The van der Waals surface area contributed by atoms with Crippen LogP contribution in [0.1, 0.15) is 21.5 Å². The molecule has 0 atom stereocenters. The number of benzene rings is 3. The second-order valence-electron chi connectivity index (χ2n) is 5.61. The predicted octanol–water partition coefficient (Wildman–Crippen LogP) is 4.33. The molecule has 3 nitrogen and oxygen atoms in total. The van der Waals surface area contributed by atoms with Gasteiger partial charge in [0.15, 0.2) is 0 Å². The monoisotopic (exact) mass is 335 g/mol. The van der Waals surface area contributed by atoms with Crippen molar-refractivity contribution < 1.29 is 13.9 Å². The summed E-state index contributed by atoms with van der Waals surface area (Å²) in [7, 11) is 0. The molecule has 0 aliphatic heterocycles. The summed E-state index contributed by atoms with van der Waals surface area (Å²) in [6.07, 6.45) is 0. The van der Waals surface area contributed by atoms with Crippen molar-refractivity contribution >= 4 is 5.91 Å². The summed E-state index contributed by atoms with van der Waals surface area (Å²) < 4.78 is 18.6. The Bertz CT molecular complexity index is 832. The van der Waals surface area contributed by atoms with Crippen molar-refractivity contribution in [1.29, 1.82) is 0 Å². The molecule has 25 heavy (non-hydrogen) atoms. The van der Waals surface area contributed by atoms with Crippen LogP contribution in [0.3, 0.4) is 0 Å². The van der Waals surface area contributed by atoms with Crippen LogP contribution < -0.4 is 10.1 Å². The van der Waals surface area contributed by atoms with E-state index in [1.165, 1.54) is 12.1 Å². The van der Waals surface area contributed by atoms with Crippen LogP contribution in [0.25, 0.3) is 0 Å². The van der Waals surface area contributed by atoms with Gasteiger partial charge in [0, 0.05) is 12.1 Å². The second-order valence-corrected chi connectivity index (χ2v) is 5.61. The van der Waals surface area contributed by atoms with Gasteiger partial charge >= 0.3 is 0 Å². The lowest BCUT2D eigenvalue weighted by Gasteiger charge is -2.09. The standard InChI is InChI=1S/C21H18FNO2/c22-19-11-9-16(10-12-19)14-23-21(24)18-7-4-8-20(13-18)25-15-17-5-2-1-3-6-17/h1-13H,14-15H2,(H,23,24). The predicted molar refractivity (Wildman–Crippen MR) is 94.8 cm³/mol. The van der Waals surface area contributed by atoms with Crippen LogP contribution in [0.5, 0.6) is 5.75 Å². The zero-order chi connectivity index (χ0) is 17.5. The first-order valence-corrected chi connectivity index (χ1v) is 8.00. The van der Waals surface area contributed by atoms with E-state index < -0.39 is 0 Å². The number of ether oxygens (including phenoxy) is 1. The molecule has 0 aliphatic carbocycles. The van der Waals surface area contributed by atoms with E-state index in [0.717, 1.165) is 11.1 Å². The highest BCUT2D eigenvalue weighted by molar-refractivity contribution is 5.94. The van der Waals surface area contributed by atoms with Crippen LogP contribution in [0.15, 0.2) is 78.9 Å². The summed E-state index contributed by atoms with van der Waals surface area (Å²) in [5.74, 6) is 0.145. The van der Waals surface area contributed by atoms with Crippen LogP contribution in [0, 0.1) is 5.82 Å². The minimum atomic E-state index is -0.293. The number of carbonyl (C=O) groups excluding carboxylic acids is 1. The number of hydrogen-bond donors (Lipinski definition) is 1. The molecule has 3 rings (SSSR count). The van der Waals surface area contributed by atoms with E-state index in [2.05, 4.69) is 5.32 Å². The number of rotatable bonds is 6. The number of halogens is 1. The van der Waals surface area contributed by atoms with Crippen LogP contribution in [-0.4, -0.2) is 5.91 Å². The zero-order valence-electron chi connectivity index (χ0n) is 13.6. The molecule has 0 unspecified atom stereocenters. The Labute approximate surface area is 146 Å². The van der Waals surface area contributed by atoms with Gasteiger partial charge < -0.3 is 10.1 Å². The van der Waals surface area contributed by atoms with Crippen LogP contribution in [0.4, 0.5) is 4.39 Å². The first-order valence-electron chi connectivity index (χ1n) is 8.00. The van der Waals surface area contributed by atoms with Gasteiger partial charge in [-0.05, 0) is 41.5 Å². The third-order valence-electron chi connectivity index (χ3n) is 3.71. The molecule has 3 aromatic rings. The van der Waals surface area contributed by atoms with Crippen molar-refractivity contribution in [3.8, 4) is 5.75 Å². The van der Waals surface area contributed by atoms with E-state index in [1.54, 1.807) is 30.3 Å². The maximum Gasteiger partial charge on any atom is 0.251 e. The van der Waals surface area contributed by atoms with Crippen LogP contribution in [0.2, 0.25) is 0 Å². The summed E-state index contributed by atoms with van der Waals surface area (Å²) in [4.78, 5) is 12.3. The second kappa shape index (κ2) is 8.11. The highest BCUT2D eigenvalue weighted by atomic mass is 19.1. The quantitative estimate of drug-likeness (QED) is 0.728. The molecule has 126 valence electrons. The molecule has 4 heteroatoms. The minimum absolute atomic E-state index is 0.200. The van der Waals surface area contributed by atoms with Crippen LogP contribution in [-0.2, 0) is 13.2 Å². The first-order chi connectivity index (χ1) is 12.2. The molecule has 0 bridgehead atoms. The third-order valence-corrected chi connectivity index (χ3v) is 3.71. The van der Waals surface area contributed by atoms with Gasteiger partial charge in [-0.2, -0.15) is 0 Å². The van der Waals surface area contributed by atoms with E-state index in [-0.39, 0.29) is 11.7 Å². The van der Waals surface area contributed by atoms with Gasteiger partial charge in [-0.3, -0.25) is 4.79 Å². The van der Waals surface area contributed by atoms with Crippen molar-refractivity contribution in [2.24, 2.45) is 0 Å². The van der Waals surface area contributed by atoms with Gasteiger partial charge in [-0.1, -0.05) is 48.5 Å². The zero-order valence-corrected chi connectivity index (χ0v) is 13.6. The van der Waals surface area contributed by atoms with Gasteiger partial charge in [0.1, 0.15) is 18.2 Å². The Balaban J connectivity index is 1.58. The Morgan fingerprint density at radius 2 is 1.64 bits per heavy atom. The average Bonchev–Trinajstić information content (AvgIpc) is 2.67. The van der Waals surface area contributed by atoms with E-state index in [1.807, 2.05) is 36.4 Å². The fourth-order valence-corrected chi connectivity index (χ4v) is 2.35. The topological polar surface area (TPSA) is 38.3 Å². The Morgan fingerprint density at radius 1 is 0.880 bits per heavy atom. The summed E-state index contributed by atoms with van der Waals surface area (Å²) >= 11 is 0. The summed E-state index contributed by atoms with van der Waals surface area (Å²) in [5, 5.41) is 2.82. The summed E-state index contributed by atoms with van der Waals surface area (Å²) in [6, 6.07) is 22.9. The lowest BCUT2D eigenvalue weighted by Crippen LogP contribution is -2.22. The highest BCUT2D eigenvalue weighted by Crippen LogP contribution is 2.15. The lowest BCUT2D eigenvalue weighted by atomic mass is 10.2. The Hall–Kier alpha value is -3.14. The molecule has 0 saturated heterocycles. The smallest absolute Gasteiger partial charge is 0.251 e. The molecule has 0 radical (unpaired) electrons. The van der Waals surface area contributed by atoms with Crippen molar-refractivity contribution in [1.82, 2.24) is 5.32 Å². The largest absolute Gasteiger partial charge is 0.489 e. The molecule has 0 fully saturated rings. The molecule has 3 aromatic carbocycles. The molecule has 0 aliphatic rings. The van der Waals surface area contributed by atoms with E-state index in [4.69, 9.17) is 4.74 Å². The van der Waals surface area contributed by atoms with Gasteiger partial charge in [0.25, 0.3) is 5.91 Å². The summed E-state index contributed by atoms with van der Waals surface area (Å²) in [5.41, 5.74) is 2.42. The van der Waals surface area contributed by atoms with E-state index in [0.29, 0.717) is 24.5 Å². The third kappa shape index (κ3) is 4.91. The normalized spacial score (nSPS) is 10.3. The number of amides is 1. The van der Waals surface area contributed by atoms with E-state index in [9.17, 15) is 9.18 Å². The number of hydrogen-bond acceptors (Lipinski definition) is 2. The Morgan fingerprint density at radius 3 is 2.40 bits per heavy atom.